The summed E-state index contributed by atoms with van der Waals surface area (Å²) < 4.78 is 29.6. The number of benzene rings is 1. The highest BCUT2D eigenvalue weighted by Crippen LogP contribution is 2.47. The molecule has 1 aliphatic carbocycles. The largest absolute Gasteiger partial charge is 0.501 e. The Kier molecular flexibility index (Phi) is 5.35. The molecule has 0 radical (unpaired) electrons. The Morgan fingerprint density at radius 3 is 2.32 bits per heavy atom. The molecule has 2 aromatic rings. The fourth-order valence-electron chi connectivity index (χ4n) is 4.88. The number of fused-ring (bicyclic) bond motifs is 1. The molecule has 31 heavy (non-hydrogen) atoms. The van der Waals surface area contributed by atoms with Crippen LogP contribution in [-0.4, -0.2) is 44.0 Å². The van der Waals surface area contributed by atoms with Crippen molar-refractivity contribution in [2.45, 2.75) is 69.9 Å². The molecular formula is C23H27F2N3O3. The first-order valence-electron chi connectivity index (χ1n) is 10.7. The van der Waals surface area contributed by atoms with Gasteiger partial charge in [-0.1, -0.05) is 30.3 Å². The number of hydrogen-bond donors (Lipinski definition) is 1. The van der Waals surface area contributed by atoms with Gasteiger partial charge < -0.3 is 14.6 Å². The second-order valence-electron chi connectivity index (χ2n) is 8.95. The summed E-state index contributed by atoms with van der Waals surface area (Å²) in [5.74, 6) is -3.40. The molecule has 4 rings (SSSR count). The van der Waals surface area contributed by atoms with Crippen molar-refractivity contribution in [1.82, 2.24) is 14.5 Å². The number of nitrogens with zero attached hydrogens (tertiary/aromatic N) is 3. The minimum atomic E-state index is -2.70. The molecule has 0 unspecified atom stereocenters. The van der Waals surface area contributed by atoms with Crippen molar-refractivity contribution in [2.24, 2.45) is 0 Å². The van der Waals surface area contributed by atoms with Gasteiger partial charge in [-0.15, -0.1) is 0 Å². The summed E-state index contributed by atoms with van der Waals surface area (Å²) in [6, 6.07) is 9.39. The highest BCUT2D eigenvalue weighted by molar-refractivity contribution is 5.95. The average molecular weight is 431 g/mol. The molecule has 1 aromatic heterocycles. The van der Waals surface area contributed by atoms with Crippen molar-refractivity contribution in [3.63, 3.8) is 0 Å². The Bertz CT molecular complexity index is 1040. The van der Waals surface area contributed by atoms with Crippen LogP contribution in [0.5, 0.6) is 5.75 Å². The van der Waals surface area contributed by atoms with Gasteiger partial charge in [0.15, 0.2) is 5.69 Å². The third-order valence-electron chi connectivity index (χ3n) is 6.71. The molecule has 0 spiro atoms. The molecule has 1 N–H and O–H groups in total. The molecule has 1 aliphatic heterocycles. The highest BCUT2D eigenvalue weighted by Gasteiger charge is 2.45. The van der Waals surface area contributed by atoms with Crippen LogP contribution in [0, 0.1) is 0 Å². The first-order chi connectivity index (χ1) is 14.6. The Morgan fingerprint density at radius 2 is 1.71 bits per heavy atom. The van der Waals surface area contributed by atoms with Crippen molar-refractivity contribution in [2.75, 3.05) is 6.54 Å². The van der Waals surface area contributed by atoms with E-state index in [4.69, 9.17) is 0 Å². The second kappa shape index (κ2) is 7.73. The van der Waals surface area contributed by atoms with Crippen LogP contribution >= 0.6 is 0 Å². The minimum Gasteiger partial charge on any atom is -0.501 e. The number of aromatic nitrogens is 2. The van der Waals surface area contributed by atoms with Crippen LogP contribution < -0.4 is 5.56 Å². The Labute approximate surface area is 179 Å². The third kappa shape index (κ3) is 3.83. The lowest BCUT2D eigenvalue weighted by Crippen LogP contribution is -2.47. The van der Waals surface area contributed by atoms with Gasteiger partial charge in [0.2, 0.25) is 11.7 Å². The lowest BCUT2D eigenvalue weighted by molar-refractivity contribution is -0.0525. The molecular weight excluding hydrogens is 404 g/mol. The summed E-state index contributed by atoms with van der Waals surface area (Å²) in [7, 11) is 0. The van der Waals surface area contributed by atoms with E-state index in [1.54, 1.807) is 9.47 Å². The summed E-state index contributed by atoms with van der Waals surface area (Å²) in [5.41, 5.74) is -0.602. The van der Waals surface area contributed by atoms with Crippen LogP contribution in [-0.2, 0) is 18.4 Å². The Morgan fingerprint density at radius 1 is 1.06 bits per heavy atom. The van der Waals surface area contributed by atoms with E-state index >= 15 is 0 Å². The van der Waals surface area contributed by atoms with Gasteiger partial charge in [-0.25, -0.2) is 8.78 Å². The van der Waals surface area contributed by atoms with Gasteiger partial charge in [-0.05, 0) is 32.3 Å². The Hall–Kier alpha value is -2.77. The molecule has 2 heterocycles. The van der Waals surface area contributed by atoms with Gasteiger partial charge in [0, 0.05) is 43.8 Å². The molecule has 1 fully saturated rings. The summed E-state index contributed by atoms with van der Waals surface area (Å²) in [5, 5.41) is 10.4. The number of amides is 1. The van der Waals surface area contributed by atoms with Crippen LogP contribution in [0.3, 0.4) is 0 Å². The maximum absolute atomic E-state index is 14.0. The number of carbonyl (C=O) groups is 1. The Balaban J connectivity index is 1.80. The first-order valence-corrected chi connectivity index (χ1v) is 10.7. The summed E-state index contributed by atoms with van der Waals surface area (Å²) >= 11 is 0. The van der Waals surface area contributed by atoms with Crippen molar-refractivity contribution in [1.29, 1.82) is 0 Å². The van der Waals surface area contributed by atoms with Gasteiger partial charge in [0.25, 0.3) is 5.91 Å². The molecule has 0 atom stereocenters. The number of carbonyl (C=O) groups excluding carboxylic acids is 1. The quantitative estimate of drug-likeness (QED) is 0.804. The fourth-order valence-corrected chi connectivity index (χ4v) is 4.88. The van der Waals surface area contributed by atoms with Crippen LogP contribution in [0.15, 0.2) is 35.1 Å². The molecule has 8 heteroatoms. The number of alkyl halides is 2. The molecule has 2 aliphatic rings. The lowest BCUT2D eigenvalue weighted by Gasteiger charge is -2.41. The fraction of sp³-hybridized carbons (Fsp3) is 0.522. The maximum Gasteiger partial charge on any atom is 0.315 e. The number of hydrogen-bond acceptors (Lipinski definition) is 4. The number of rotatable bonds is 4. The van der Waals surface area contributed by atoms with E-state index in [2.05, 4.69) is 4.98 Å². The van der Waals surface area contributed by atoms with Gasteiger partial charge in [-0.3, -0.25) is 9.59 Å². The van der Waals surface area contributed by atoms with Gasteiger partial charge in [0.1, 0.15) is 5.82 Å². The molecule has 1 saturated carbocycles. The lowest BCUT2D eigenvalue weighted by atomic mass is 9.66. The summed E-state index contributed by atoms with van der Waals surface area (Å²) in [6.45, 7) is 4.56. The zero-order valence-corrected chi connectivity index (χ0v) is 17.8. The van der Waals surface area contributed by atoms with E-state index in [1.165, 1.54) is 0 Å². The molecule has 6 nitrogen and oxygen atoms in total. The predicted molar refractivity (Wildman–Crippen MR) is 112 cm³/mol. The number of aromatic hydroxyl groups is 1. The molecule has 0 bridgehead atoms. The van der Waals surface area contributed by atoms with Crippen molar-refractivity contribution in [3.05, 3.63) is 57.8 Å². The molecule has 1 aromatic carbocycles. The van der Waals surface area contributed by atoms with Crippen LogP contribution in [0.1, 0.15) is 61.4 Å². The SMILES string of the molecule is CC(C)N1CCn2c(CC3(c4ccccc4)CCC(F)(F)CC3)nc(=O)c(O)c2C1=O. The van der Waals surface area contributed by atoms with Crippen molar-refractivity contribution >= 4 is 5.91 Å². The predicted octanol–water partition coefficient (Wildman–Crippen LogP) is 3.50. The smallest absolute Gasteiger partial charge is 0.315 e. The normalized spacial score (nSPS) is 20.0. The highest BCUT2D eigenvalue weighted by atomic mass is 19.3. The van der Waals surface area contributed by atoms with Crippen molar-refractivity contribution < 1.29 is 18.7 Å². The molecule has 0 saturated heterocycles. The standard InChI is InChI=1S/C23H27F2N3O3/c1-15(2)27-12-13-28-17(26-20(30)19(29)18(28)21(27)31)14-22(16-6-4-3-5-7-16)8-10-23(24,25)11-9-22/h3-7,15,29H,8-14H2,1-2H3. The minimum absolute atomic E-state index is 0.0562. The second-order valence-corrected chi connectivity index (χ2v) is 8.95. The first kappa shape index (κ1) is 21.5. The van der Waals surface area contributed by atoms with Crippen molar-refractivity contribution in [3.8, 4) is 5.75 Å². The maximum atomic E-state index is 14.0. The third-order valence-corrected chi connectivity index (χ3v) is 6.71. The van der Waals surface area contributed by atoms with E-state index in [9.17, 15) is 23.5 Å². The monoisotopic (exact) mass is 431 g/mol. The summed E-state index contributed by atoms with van der Waals surface area (Å²) in [4.78, 5) is 31.1. The molecule has 166 valence electrons. The number of halogens is 2. The van der Waals surface area contributed by atoms with Gasteiger partial charge in [-0.2, -0.15) is 4.98 Å². The zero-order valence-electron chi connectivity index (χ0n) is 17.8. The van der Waals surface area contributed by atoms with E-state index < -0.39 is 28.6 Å². The zero-order chi connectivity index (χ0) is 22.4. The van der Waals surface area contributed by atoms with E-state index in [0.717, 1.165) is 5.56 Å². The van der Waals surface area contributed by atoms with Crippen LogP contribution in [0.4, 0.5) is 8.78 Å². The van der Waals surface area contributed by atoms with Crippen LogP contribution in [0.25, 0.3) is 0 Å². The van der Waals surface area contributed by atoms with Crippen LogP contribution in [0.2, 0.25) is 0 Å². The van der Waals surface area contributed by atoms with E-state index in [-0.39, 0.29) is 43.8 Å². The van der Waals surface area contributed by atoms with E-state index in [1.807, 2.05) is 44.2 Å². The summed E-state index contributed by atoms with van der Waals surface area (Å²) in [6.07, 6.45) is 0.281. The van der Waals surface area contributed by atoms with Gasteiger partial charge >= 0.3 is 5.56 Å². The topological polar surface area (TPSA) is 75.4 Å². The average Bonchev–Trinajstić information content (AvgIpc) is 2.73. The van der Waals surface area contributed by atoms with Gasteiger partial charge in [0.05, 0.1) is 0 Å². The van der Waals surface area contributed by atoms with E-state index in [0.29, 0.717) is 18.9 Å². The molecule has 1 amide bonds.